The van der Waals surface area contributed by atoms with Crippen molar-refractivity contribution in [3.05, 3.63) is 71.8 Å². The van der Waals surface area contributed by atoms with Gasteiger partial charge in [-0.1, -0.05) is 49.0 Å². The first kappa shape index (κ1) is 12.4. The van der Waals surface area contributed by atoms with Gasteiger partial charge in [0.25, 0.3) is 0 Å². The number of ether oxygens (including phenoxy) is 1. The van der Waals surface area contributed by atoms with E-state index < -0.39 is 0 Å². The van der Waals surface area contributed by atoms with Crippen LogP contribution in [-0.2, 0) is 6.61 Å². The number of hydrogen-bond donors (Lipinski definition) is 0. The third kappa shape index (κ3) is 3.01. The Morgan fingerprint density at radius 3 is 2.50 bits per heavy atom. The molecule has 0 N–H and O–H groups in total. The molecule has 2 rings (SSSR count). The lowest BCUT2D eigenvalue weighted by atomic mass is 10.1. The average Bonchev–Trinajstić information content (AvgIpc) is 2.37. The Bertz CT molecular complexity index is 541. The molecule has 0 saturated heterocycles. The minimum atomic E-state index is 0.588. The number of allylic oxidation sites excluding steroid dienone is 1. The van der Waals surface area contributed by atoms with E-state index in [9.17, 15) is 0 Å². The van der Waals surface area contributed by atoms with Gasteiger partial charge in [0.05, 0.1) is 0 Å². The summed E-state index contributed by atoms with van der Waals surface area (Å²) in [5.41, 5.74) is 4.48. The van der Waals surface area contributed by atoms with Crippen LogP contribution in [0, 0.1) is 6.92 Å². The van der Waals surface area contributed by atoms with Crippen molar-refractivity contribution < 1.29 is 4.74 Å². The summed E-state index contributed by atoms with van der Waals surface area (Å²) in [5, 5.41) is 0. The van der Waals surface area contributed by atoms with Gasteiger partial charge in [-0.25, -0.2) is 0 Å². The van der Waals surface area contributed by atoms with E-state index in [1.54, 1.807) is 0 Å². The van der Waals surface area contributed by atoms with Crippen molar-refractivity contribution in [1.82, 2.24) is 0 Å². The van der Waals surface area contributed by atoms with E-state index in [0.29, 0.717) is 6.61 Å². The molecule has 0 radical (unpaired) electrons. The molecule has 0 saturated carbocycles. The molecule has 2 aromatic rings. The molecule has 0 aromatic heterocycles. The summed E-state index contributed by atoms with van der Waals surface area (Å²) in [4.78, 5) is 0. The summed E-state index contributed by atoms with van der Waals surface area (Å²) < 4.78 is 5.90. The number of benzene rings is 2. The normalized spacial score (nSPS) is 10.1. The van der Waals surface area contributed by atoms with Crippen molar-refractivity contribution in [2.75, 3.05) is 0 Å². The Morgan fingerprint density at radius 1 is 1.11 bits per heavy atom. The molecule has 2 aromatic carbocycles. The molecule has 1 nitrogen and oxygen atoms in total. The van der Waals surface area contributed by atoms with E-state index in [-0.39, 0.29) is 0 Å². The number of aryl methyl sites for hydroxylation is 1. The maximum absolute atomic E-state index is 5.90. The monoisotopic (exact) mass is 238 g/mol. The molecule has 0 spiro atoms. The summed E-state index contributed by atoms with van der Waals surface area (Å²) in [5.74, 6) is 0.909. The van der Waals surface area contributed by atoms with Crippen LogP contribution in [0.15, 0.2) is 55.1 Å². The molecule has 0 heterocycles. The van der Waals surface area contributed by atoms with Crippen LogP contribution in [0.2, 0.25) is 0 Å². The van der Waals surface area contributed by atoms with E-state index in [2.05, 4.69) is 43.8 Å². The zero-order valence-corrected chi connectivity index (χ0v) is 10.9. The van der Waals surface area contributed by atoms with Gasteiger partial charge >= 0.3 is 0 Å². The zero-order valence-electron chi connectivity index (χ0n) is 10.9. The summed E-state index contributed by atoms with van der Waals surface area (Å²) in [6.07, 6.45) is 0. The lowest BCUT2D eigenvalue weighted by Crippen LogP contribution is -1.98. The molecular formula is C17H18O. The highest BCUT2D eigenvalue weighted by Crippen LogP contribution is 2.26. The first-order chi connectivity index (χ1) is 8.66. The molecule has 0 fully saturated rings. The van der Waals surface area contributed by atoms with E-state index in [1.165, 1.54) is 11.1 Å². The third-order valence-electron chi connectivity index (χ3n) is 2.83. The smallest absolute Gasteiger partial charge is 0.127 e. The minimum absolute atomic E-state index is 0.588. The van der Waals surface area contributed by atoms with Gasteiger partial charge < -0.3 is 4.74 Å². The predicted molar refractivity (Wildman–Crippen MR) is 76.7 cm³/mol. The maximum atomic E-state index is 5.90. The second-order valence-electron chi connectivity index (χ2n) is 4.55. The SMILES string of the molecule is C=C(C)c1ccc(C)cc1OCc1ccccc1. The molecule has 0 unspecified atom stereocenters. The first-order valence-corrected chi connectivity index (χ1v) is 6.10. The van der Waals surface area contributed by atoms with Crippen LogP contribution in [0.1, 0.15) is 23.6 Å². The largest absolute Gasteiger partial charge is 0.488 e. The van der Waals surface area contributed by atoms with Crippen LogP contribution in [0.25, 0.3) is 5.57 Å². The zero-order chi connectivity index (χ0) is 13.0. The van der Waals surface area contributed by atoms with E-state index >= 15 is 0 Å². The Hall–Kier alpha value is -2.02. The van der Waals surface area contributed by atoms with Crippen LogP contribution >= 0.6 is 0 Å². The van der Waals surface area contributed by atoms with Gasteiger partial charge in [-0.3, -0.25) is 0 Å². The molecule has 0 amide bonds. The quantitative estimate of drug-likeness (QED) is 0.756. The second-order valence-corrected chi connectivity index (χ2v) is 4.55. The molecule has 92 valence electrons. The van der Waals surface area contributed by atoms with E-state index in [0.717, 1.165) is 16.9 Å². The Balaban J connectivity index is 2.18. The molecule has 0 aliphatic rings. The Labute approximate surface area is 109 Å². The minimum Gasteiger partial charge on any atom is -0.488 e. The molecule has 18 heavy (non-hydrogen) atoms. The molecule has 0 aliphatic carbocycles. The van der Waals surface area contributed by atoms with E-state index in [4.69, 9.17) is 4.74 Å². The fourth-order valence-corrected chi connectivity index (χ4v) is 1.84. The van der Waals surface area contributed by atoms with Crippen molar-refractivity contribution in [2.45, 2.75) is 20.5 Å². The van der Waals surface area contributed by atoms with Crippen LogP contribution in [0.5, 0.6) is 5.75 Å². The van der Waals surface area contributed by atoms with Gasteiger partial charge in [0.2, 0.25) is 0 Å². The van der Waals surface area contributed by atoms with Gasteiger partial charge in [-0.2, -0.15) is 0 Å². The van der Waals surface area contributed by atoms with Crippen molar-refractivity contribution >= 4 is 5.57 Å². The van der Waals surface area contributed by atoms with Crippen LogP contribution in [0.4, 0.5) is 0 Å². The Kier molecular flexibility index (Phi) is 3.83. The van der Waals surface area contributed by atoms with E-state index in [1.807, 2.05) is 25.1 Å². The third-order valence-corrected chi connectivity index (χ3v) is 2.83. The lowest BCUT2D eigenvalue weighted by molar-refractivity contribution is 0.305. The van der Waals surface area contributed by atoms with Gasteiger partial charge in [0.1, 0.15) is 12.4 Å². The van der Waals surface area contributed by atoms with Crippen molar-refractivity contribution in [3.63, 3.8) is 0 Å². The highest BCUT2D eigenvalue weighted by molar-refractivity contribution is 5.67. The topological polar surface area (TPSA) is 9.23 Å². The van der Waals surface area contributed by atoms with Crippen molar-refractivity contribution in [1.29, 1.82) is 0 Å². The average molecular weight is 238 g/mol. The lowest BCUT2D eigenvalue weighted by Gasteiger charge is -2.12. The standard InChI is InChI=1S/C17H18O/c1-13(2)16-10-9-14(3)11-17(16)18-12-15-7-5-4-6-8-15/h4-11H,1,12H2,2-3H3. The van der Waals surface area contributed by atoms with Gasteiger partial charge in [-0.15, -0.1) is 0 Å². The van der Waals surface area contributed by atoms with Crippen LogP contribution in [0.3, 0.4) is 0 Å². The predicted octanol–water partition coefficient (Wildman–Crippen LogP) is 4.61. The summed E-state index contributed by atoms with van der Waals surface area (Å²) >= 11 is 0. The van der Waals surface area contributed by atoms with Crippen LogP contribution in [-0.4, -0.2) is 0 Å². The fourth-order valence-electron chi connectivity index (χ4n) is 1.84. The maximum Gasteiger partial charge on any atom is 0.127 e. The molecule has 0 bridgehead atoms. The molecule has 0 atom stereocenters. The summed E-state index contributed by atoms with van der Waals surface area (Å²) in [6, 6.07) is 16.4. The van der Waals surface area contributed by atoms with Crippen LogP contribution < -0.4 is 4.74 Å². The second kappa shape index (κ2) is 5.54. The molecule has 0 aliphatic heterocycles. The molecular weight excluding hydrogens is 220 g/mol. The first-order valence-electron chi connectivity index (χ1n) is 6.10. The van der Waals surface area contributed by atoms with Crippen molar-refractivity contribution in [2.24, 2.45) is 0 Å². The summed E-state index contributed by atoms with van der Waals surface area (Å²) in [6.45, 7) is 8.65. The number of rotatable bonds is 4. The van der Waals surface area contributed by atoms with Crippen molar-refractivity contribution in [3.8, 4) is 5.75 Å². The number of hydrogen-bond acceptors (Lipinski definition) is 1. The van der Waals surface area contributed by atoms with Gasteiger partial charge in [0, 0.05) is 5.56 Å². The van der Waals surface area contributed by atoms with Gasteiger partial charge in [-0.05, 0) is 36.6 Å². The fraction of sp³-hybridized carbons (Fsp3) is 0.176. The molecule has 1 heteroatoms. The summed E-state index contributed by atoms with van der Waals surface area (Å²) in [7, 11) is 0. The highest BCUT2D eigenvalue weighted by Gasteiger charge is 2.05. The van der Waals surface area contributed by atoms with Gasteiger partial charge in [0.15, 0.2) is 0 Å². The highest BCUT2D eigenvalue weighted by atomic mass is 16.5. The Morgan fingerprint density at radius 2 is 1.83 bits per heavy atom.